The van der Waals surface area contributed by atoms with E-state index in [9.17, 15) is 18.4 Å². The van der Waals surface area contributed by atoms with Gasteiger partial charge < -0.3 is 15.1 Å². The number of benzene rings is 1. The summed E-state index contributed by atoms with van der Waals surface area (Å²) in [5, 5.41) is 5.39. The van der Waals surface area contributed by atoms with Crippen molar-refractivity contribution in [2.75, 3.05) is 25.0 Å². The highest BCUT2D eigenvalue weighted by Gasteiger charge is 2.24. The molecule has 0 aliphatic carbocycles. The van der Waals surface area contributed by atoms with E-state index in [2.05, 4.69) is 10.6 Å². The molecule has 144 valence electrons. The van der Waals surface area contributed by atoms with Crippen LogP contribution in [0.15, 0.2) is 34.9 Å². The summed E-state index contributed by atoms with van der Waals surface area (Å²) in [4.78, 5) is 26.2. The summed E-state index contributed by atoms with van der Waals surface area (Å²) >= 11 is 0. The zero-order valence-corrected chi connectivity index (χ0v) is 14.9. The molecular weight excluding hydrogens is 356 g/mol. The Morgan fingerprint density at radius 1 is 1.22 bits per heavy atom. The van der Waals surface area contributed by atoms with Crippen LogP contribution in [0.25, 0.3) is 0 Å². The Balaban J connectivity index is 1.44. The molecule has 6 nitrogen and oxygen atoms in total. The zero-order valence-electron chi connectivity index (χ0n) is 14.9. The van der Waals surface area contributed by atoms with Crippen LogP contribution in [-0.4, -0.2) is 42.4 Å². The van der Waals surface area contributed by atoms with Crippen LogP contribution in [-0.2, 0) is 4.79 Å². The smallest absolute Gasteiger partial charge is 0.287 e. The van der Waals surface area contributed by atoms with Gasteiger partial charge in [0.2, 0.25) is 5.91 Å². The second-order valence-corrected chi connectivity index (χ2v) is 6.63. The number of halogens is 2. The van der Waals surface area contributed by atoms with E-state index in [1.807, 2.05) is 11.8 Å². The maximum absolute atomic E-state index is 13.6. The summed E-state index contributed by atoms with van der Waals surface area (Å²) < 4.78 is 31.7. The second-order valence-electron chi connectivity index (χ2n) is 6.63. The number of nitrogens with one attached hydrogen (secondary N) is 2. The standard InChI is InChI=1S/C19H21F2N3O3/c1-12-6-9-27-18(12)19(26)22-14-4-7-24(8-5-14)11-17(25)23-16-3-2-13(20)10-15(16)21/h2-3,6,9-10,14H,4-5,7-8,11H2,1H3,(H,22,26)(H,23,25). The highest BCUT2D eigenvalue weighted by molar-refractivity contribution is 5.93. The molecule has 0 spiro atoms. The largest absolute Gasteiger partial charge is 0.459 e. The van der Waals surface area contributed by atoms with Crippen molar-refractivity contribution in [3.05, 3.63) is 53.5 Å². The fourth-order valence-corrected chi connectivity index (χ4v) is 3.08. The first-order valence-electron chi connectivity index (χ1n) is 8.74. The van der Waals surface area contributed by atoms with Crippen molar-refractivity contribution in [2.24, 2.45) is 0 Å². The summed E-state index contributed by atoms with van der Waals surface area (Å²) in [6, 6.07) is 4.76. The maximum atomic E-state index is 13.6. The lowest BCUT2D eigenvalue weighted by Crippen LogP contribution is -2.46. The van der Waals surface area contributed by atoms with Crippen LogP contribution in [0.2, 0.25) is 0 Å². The number of rotatable bonds is 5. The van der Waals surface area contributed by atoms with Gasteiger partial charge in [-0.15, -0.1) is 0 Å². The summed E-state index contributed by atoms with van der Waals surface area (Å²) in [5.41, 5.74) is 0.743. The summed E-state index contributed by atoms with van der Waals surface area (Å²) in [6.07, 6.45) is 2.88. The molecular formula is C19H21F2N3O3. The molecule has 0 unspecified atom stereocenters. The third-order valence-electron chi connectivity index (χ3n) is 4.56. The van der Waals surface area contributed by atoms with E-state index in [1.165, 1.54) is 12.3 Å². The molecule has 0 saturated carbocycles. The lowest BCUT2D eigenvalue weighted by atomic mass is 10.0. The number of amides is 2. The Hall–Kier alpha value is -2.74. The molecule has 2 aromatic rings. The van der Waals surface area contributed by atoms with E-state index >= 15 is 0 Å². The van der Waals surface area contributed by atoms with E-state index in [0.717, 1.165) is 17.7 Å². The predicted octanol–water partition coefficient (Wildman–Crippen LogP) is 2.70. The van der Waals surface area contributed by atoms with E-state index < -0.39 is 11.6 Å². The van der Waals surface area contributed by atoms with Crippen molar-refractivity contribution >= 4 is 17.5 Å². The molecule has 2 N–H and O–H groups in total. The lowest BCUT2D eigenvalue weighted by molar-refractivity contribution is -0.117. The normalized spacial score (nSPS) is 15.5. The van der Waals surface area contributed by atoms with Crippen LogP contribution in [0.3, 0.4) is 0 Å². The summed E-state index contributed by atoms with van der Waals surface area (Å²) in [7, 11) is 0. The van der Waals surface area contributed by atoms with Crippen LogP contribution in [0.1, 0.15) is 29.0 Å². The van der Waals surface area contributed by atoms with Crippen molar-refractivity contribution in [1.29, 1.82) is 0 Å². The number of carbonyl (C=O) groups excluding carboxylic acids is 2. The Labute approximate surface area is 155 Å². The van der Waals surface area contributed by atoms with E-state index in [-0.39, 0.29) is 30.1 Å². The van der Waals surface area contributed by atoms with Gasteiger partial charge in [-0.3, -0.25) is 14.5 Å². The summed E-state index contributed by atoms with van der Waals surface area (Å²) in [5.74, 6) is -1.79. The predicted molar refractivity (Wildman–Crippen MR) is 95.4 cm³/mol. The number of likely N-dealkylation sites (tertiary alicyclic amines) is 1. The Kier molecular flexibility index (Phi) is 5.85. The van der Waals surface area contributed by atoms with Crippen molar-refractivity contribution in [3.63, 3.8) is 0 Å². The van der Waals surface area contributed by atoms with Gasteiger partial charge in [0.1, 0.15) is 11.6 Å². The number of carbonyl (C=O) groups is 2. The maximum Gasteiger partial charge on any atom is 0.287 e. The minimum atomic E-state index is -0.807. The van der Waals surface area contributed by atoms with Gasteiger partial charge in [0.05, 0.1) is 18.5 Å². The molecule has 1 fully saturated rings. The average molecular weight is 377 g/mol. The third-order valence-corrected chi connectivity index (χ3v) is 4.56. The molecule has 2 amide bonds. The van der Waals surface area contributed by atoms with Crippen molar-refractivity contribution < 1.29 is 22.8 Å². The topological polar surface area (TPSA) is 74.6 Å². The fraction of sp³-hybridized carbons (Fsp3) is 0.368. The second kappa shape index (κ2) is 8.30. The monoisotopic (exact) mass is 377 g/mol. The number of piperidine rings is 1. The van der Waals surface area contributed by atoms with Gasteiger partial charge in [-0.05, 0) is 38.0 Å². The van der Waals surface area contributed by atoms with Crippen molar-refractivity contribution in [1.82, 2.24) is 10.2 Å². The van der Waals surface area contributed by atoms with Gasteiger partial charge in [0, 0.05) is 30.8 Å². The zero-order chi connectivity index (χ0) is 19.4. The number of anilines is 1. The molecule has 1 saturated heterocycles. The molecule has 3 rings (SSSR count). The Morgan fingerprint density at radius 2 is 1.96 bits per heavy atom. The first kappa shape index (κ1) is 19.0. The van der Waals surface area contributed by atoms with Gasteiger partial charge in [-0.2, -0.15) is 0 Å². The fourth-order valence-electron chi connectivity index (χ4n) is 3.08. The third kappa shape index (κ3) is 4.91. The summed E-state index contributed by atoms with van der Waals surface area (Å²) in [6.45, 7) is 3.17. The minimum absolute atomic E-state index is 0.0101. The number of hydrogen-bond acceptors (Lipinski definition) is 4. The molecule has 1 aromatic heterocycles. The molecule has 27 heavy (non-hydrogen) atoms. The average Bonchev–Trinajstić information content (AvgIpc) is 3.05. The lowest BCUT2D eigenvalue weighted by Gasteiger charge is -2.31. The van der Waals surface area contributed by atoms with Crippen LogP contribution in [0.5, 0.6) is 0 Å². The van der Waals surface area contributed by atoms with Gasteiger partial charge in [-0.1, -0.05) is 0 Å². The number of aryl methyl sites for hydroxylation is 1. The first-order chi connectivity index (χ1) is 12.9. The van der Waals surface area contributed by atoms with Crippen molar-refractivity contribution in [3.8, 4) is 0 Å². The molecule has 0 bridgehead atoms. The van der Waals surface area contributed by atoms with Crippen LogP contribution in [0.4, 0.5) is 14.5 Å². The molecule has 0 radical (unpaired) electrons. The number of hydrogen-bond donors (Lipinski definition) is 2. The van der Waals surface area contributed by atoms with Gasteiger partial charge >= 0.3 is 0 Å². The Bertz CT molecular complexity index is 829. The van der Waals surface area contributed by atoms with Crippen LogP contribution >= 0.6 is 0 Å². The molecule has 2 heterocycles. The van der Waals surface area contributed by atoms with E-state index in [0.29, 0.717) is 31.7 Å². The number of nitrogens with zero attached hydrogens (tertiary/aromatic N) is 1. The van der Waals surface area contributed by atoms with Gasteiger partial charge in [-0.25, -0.2) is 8.78 Å². The van der Waals surface area contributed by atoms with Gasteiger partial charge in [0.15, 0.2) is 5.76 Å². The van der Waals surface area contributed by atoms with Crippen LogP contribution < -0.4 is 10.6 Å². The molecule has 1 aliphatic heterocycles. The molecule has 8 heteroatoms. The molecule has 1 aliphatic rings. The van der Waals surface area contributed by atoms with Crippen molar-refractivity contribution in [2.45, 2.75) is 25.8 Å². The Morgan fingerprint density at radius 3 is 2.59 bits per heavy atom. The SMILES string of the molecule is Cc1ccoc1C(=O)NC1CCN(CC(=O)Nc2ccc(F)cc2F)CC1. The molecule has 0 atom stereocenters. The molecule has 1 aromatic carbocycles. The van der Waals surface area contributed by atoms with Gasteiger partial charge in [0.25, 0.3) is 5.91 Å². The quantitative estimate of drug-likeness (QED) is 0.840. The number of furan rings is 1. The van der Waals surface area contributed by atoms with E-state index in [4.69, 9.17) is 4.42 Å². The highest BCUT2D eigenvalue weighted by atomic mass is 19.1. The van der Waals surface area contributed by atoms with Crippen LogP contribution in [0, 0.1) is 18.6 Å². The van der Waals surface area contributed by atoms with E-state index in [1.54, 1.807) is 6.07 Å². The first-order valence-corrected chi connectivity index (χ1v) is 8.74. The highest BCUT2D eigenvalue weighted by Crippen LogP contribution is 2.16. The minimum Gasteiger partial charge on any atom is -0.459 e.